The fourth-order valence-corrected chi connectivity index (χ4v) is 2.76. The maximum absolute atomic E-state index is 12.2. The van der Waals surface area contributed by atoms with Crippen molar-refractivity contribution in [2.75, 3.05) is 25.1 Å². The average molecular weight is 319 g/mol. The van der Waals surface area contributed by atoms with Gasteiger partial charge in [0.25, 0.3) is 0 Å². The van der Waals surface area contributed by atoms with E-state index in [4.69, 9.17) is 9.47 Å². The number of ether oxygens (including phenoxy) is 2. The van der Waals surface area contributed by atoms with Crippen LogP contribution in [-0.4, -0.2) is 35.7 Å². The summed E-state index contributed by atoms with van der Waals surface area (Å²) in [6, 6.07) is 5.23. The van der Waals surface area contributed by atoms with Crippen LogP contribution in [0, 0.1) is 0 Å². The van der Waals surface area contributed by atoms with E-state index >= 15 is 0 Å². The number of carbonyl (C=O) groups is 1. The molecule has 0 saturated heterocycles. The minimum absolute atomic E-state index is 0.0294. The Kier molecular flexibility index (Phi) is 4.24. The van der Waals surface area contributed by atoms with Gasteiger partial charge in [0.1, 0.15) is 18.2 Å². The smallest absolute Gasteiger partial charge is 0.206 e. The van der Waals surface area contributed by atoms with Crippen molar-refractivity contribution >= 4 is 22.3 Å². The molecule has 3 rings (SSSR count). The molecule has 7 heteroatoms. The van der Waals surface area contributed by atoms with Crippen LogP contribution in [0.2, 0.25) is 0 Å². The molecule has 0 bridgehead atoms. The van der Waals surface area contributed by atoms with Crippen LogP contribution >= 0.6 is 11.3 Å². The summed E-state index contributed by atoms with van der Waals surface area (Å²) in [6.07, 6.45) is 0. The van der Waals surface area contributed by atoms with E-state index in [0.29, 0.717) is 41.3 Å². The summed E-state index contributed by atoms with van der Waals surface area (Å²) in [4.78, 5) is 12.2. The molecule has 0 unspecified atom stereocenters. The zero-order valence-electron chi connectivity index (χ0n) is 12.5. The number of hydrogen-bond acceptors (Lipinski definition) is 7. The van der Waals surface area contributed by atoms with Crippen LogP contribution in [0.3, 0.4) is 0 Å². The van der Waals surface area contributed by atoms with Crippen LogP contribution in [0.1, 0.15) is 35.1 Å². The lowest BCUT2D eigenvalue weighted by atomic mass is 10.1. The monoisotopic (exact) mass is 319 g/mol. The highest BCUT2D eigenvalue weighted by atomic mass is 32.1. The highest BCUT2D eigenvalue weighted by Gasteiger charge is 2.15. The zero-order chi connectivity index (χ0) is 15.5. The molecular weight excluding hydrogens is 302 g/mol. The van der Waals surface area contributed by atoms with Gasteiger partial charge in [-0.15, -0.1) is 10.2 Å². The number of nitrogens with one attached hydrogen (secondary N) is 1. The van der Waals surface area contributed by atoms with Gasteiger partial charge in [-0.2, -0.15) is 0 Å². The second-order valence-corrected chi connectivity index (χ2v) is 6.24. The van der Waals surface area contributed by atoms with Crippen molar-refractivity contribution in [1.29, 1.82) is 0 Å². The Hall–Kier alpha value is -2.15. The lowest BCUT2D eigenvalue weighted by Crippen LogP contribution is -2.17. The standard InChI is InChI=1S/C15H17N3O3S/c1-9(2)14-17-18-15(22-14)16-8-11(19)10-3-4-12-13(7-10)21-6-5-20-12/h3-4,7,9H,5-6,8H2,1-2H3,(H,16,18). The number of hydrogen-bond donors (Lipinski definition) is 1. The first-order chi connectivity index (χ1) is 10.6. The molecular formula is C15H17N3O3S. The molecule has 6 nitrogen and oxygen atoms in total. The van der Waals surface area contributed by atoms with Gasteiger partial charge < -0.3 is 14.8 Å². The van der Waals surface area contributed by atoms with E-state index in [9.17, 15) is 4.79 Å². The molecule has 1 N–H and O–H groups in total. The molecule has 0 amide bonds. The van der Waals surface area contributed by atoms with Crippen molar-refractivity contribution in [1.82, 2.24) is 10.2 Å². The average Bonchev–Trinajstić information content (AvgIpc) is 3.01. The van der Waals surface area contributed by atoms with Gasteiger partial charge in [0, 0.05) is 11.5 Å². The molecule has 116 valence electrons. The van der Waals surface area contributed by atoms with E-state index in [1.807, 2.05) is 0 Å². The minimum atomic E-state index is -0.0294. The van der Waals surface area contributed by atoms with Crippen molar-refractivity contribution < 1.29 is 14.3 Å². The van der Waals surface area contributed by atoms with Gasteiger partial charge in [0.05, 0.1) is 6.54 Å². The van der Waals surface area contributed by atoms with Crippen LogP contribution in [0.25, 0.3) is 0 Å². The summed E-state index contributed by atoms with van der Waals surface area (Å²) in [7, 11) is 0. The minimum Gasteiger partial charge on any atom is -0.486 e. The molecule has 0 fully saturated rings. The highest BCUT2D eigenvalue weighted by molar-refractivity contribution is 7.15. The number of nitrogens with zero attached hydrogens (tertiary/aromatic N) is 2. The number of rotatable bonds is 5. The number of anilines is 1. The first-order valence-corrected chi connectivity index (χ1v) is 7.95. The first kappa shape index (κ1) is 14.8. The summed E-state index contributed by atoms with van der Waals surface area (Å²) in [6.45, 7) is 5.34. The molecule has 1 aliphatic rings. The Morgan fingerprint density at radius 1 is 1.27 bits per heavy atom. The number of carbonyl (C=O) groups excluding carboxylic acids is 1. The third-order valence-electron chi connectivity index (χ3n) is 3.20. The second-order valence-electron chi connectivity index (χ2n) is 5.24. The molecule has 1 aliphatic heterocycles. The zero-order valence-corrected chi connectivity index (χ0v) is 13.3. The predicted molar refractivity (Wildman–Crippen MR) is 84.3 cm³/mol. The molecule has 0 saturated carbocycles. The highest BCUT2D eigenvalue weighted by Crippen LogP contribution is 2.31. The number of benzene rings is 1. The van der Waals surface area contributed by atoms with Crippen molar-refractivity contribution in [3.05, 3.63) is 28.8 Å². The maximum atomic E-state index is 12.2. The van der Waals surface area contributed by atoms with Crippen LogP contribution in [0.4, 0.5) is 5.13 Å². The van der Waals surface area contributed by atoms with Gasteiger partial charge >= 0.3 is 0 Å². The van der Waals surface area contributed by atoms with E-state index in [-0.39, 0.29) is 12.3 Å². The van der Waals surface area contributed by atoms with Crippen molar-refractivity contribution in [2.45, 2.75) is 19.8 Å². The molecule has 0 spiro atoms. The summed E-state index contributed by atoms with van der Waals surface area (Å²) in [5.74, 6) is 1.61. The van der Waals surface area contributed by atoms with Crippen LogP contribution in [-0.2, 0) is 0 Å². The first-order valence-electron chi connectivity index (χ1n) is 7.13. The quantitative estimate of drug-likeness (QED) is 0.854. The summed E-state index contributed by atoms with van der Waals surface area (Å²) in [5, 5.41) is 12.8. The van der Waals surface area contributed by atoms with Gasteiger partial charge in [-0.3, -0.25) is 4.79 Å². The molecule has 0 aliphatic carbocycles. The Labute approximate surface area is 132 Å². The predicted octanol–water partition coefficient (Wildman–Crippen LogP) is 2.73. The number of ketones is 1. The second kappa shape index (κ2) is 6.31. The molecule has 1 aromatic heterocycles. The molecule has 22 heavy (non-hydrogen) atoms. The van der Waals surface area contributed by atoms with Crippen LogP contribution in [0.5, 0.6) is 11.5 Å². The lowest BCUT2D eigenvalue weighted by molar-refractivity contribution is 0.100. The molecule has 2 heterocycles. The summed E-state index contributed by atoms with van der Waals surface area (Å²) < 4.78 is 10.9. The van der Waals surface area contributed by atoms with Gasteiger partial charge in [-0.25, -0.2) is 0 Å². The number of aromatic nitrogens is 2. The Balaban J connectivity index is 1.64. The normalized spacial score (nSPS) is 13.2. The fraction of sp³-hybridized carbons (Fsp3) is 0.400. The fourth-order valence-electron chi connectivity index (χ4n) is 2.01. The third-order valence-corrected chi connectivity index (χ3v) is 4.38. The van der Waals surface area contributed by atoms with Gasteiger partial charge in [-0.05, 0) is 18.2 Å². The number of fused-ring (bicyclic) bond motifs is 1. The van der Waals surface area contributed by atoms with Crippen molar-refractivity contribution in [3.8, 4) is 11.5 Å². The Morgan fingerprint density at radius 2 is 2.05 bits per heavy atom. The van der Waals surface area contributed by atoms with E-state index in [1.165, 1.54) is 11.3 Å². The van der Waals surface area contributed by atoms with E-state index in [0.717, 1.165) is 5.01 Å². The van der Waals surface area contributed by atoms with Gasteiger partial charge in [0.15, 0.2) is 17.3 Å². The maximum Gasteiger partial charge on any atom is 0.206 e. The summed E-state index contributed by atoms with van der Waals surface area (Å²) >= 11 is 1.47. The molecule has 0 radical (unpaired) electrons. The van der Waals surface area contributed by atoms with E-state index in [1.54, 1.807) is 18.2 Å². The van der Waals surface area contributed by atoms with E-state index < -0.39 is 0 Å². The van der Waals surface area contributed by atoms with Crippen molar-refractivity contribution in [3.63, 3.8) is 0 Å². The Morgan fingerprint density at radius 3 is 2.77 bits per heavy atom. The molecule has 0 atom stereocenters. The molecule has 2 aromatic rings. The largest absolute Gasteiger partial charge is 0.486 e. The van der Waals surface area contributed by atoms with E-state index in [2.05, 4.69) is 29.4 Å². The van der Waals surface area contributed by atoms with Gasteiger partial charge in [-0.1, -0.05) is 25.2 Å². The van der Waals surface area contributed by atoms with Crippen LogP contribution < -0.4 is 14.8 Å². The summed E-state index contributed by atoms with van der Waals surface area (Å²) in [5.41, 5.74) is 0.588. The SMILES string of the molecule is CC(C)c1nnc(NCC(=O)c2ccc3c(c2)OCCO3)s1. The third kappa shape index (κ3) is 3.19. The Bertz CT molecular complexity index is 684. The lowest BCUT2D eigenvalue weighted by Gasteiger charge is -2.18. The van der Waals surface area contributed by atoms with Gasteiger partial charge in [0.2, 0.25) is 5.13 Å². The van der Waals surface area contributed by atoms with Crippen molar-refractivity contribution in [2.24, 2.45) is 0 Å². The van der Waals surface area contributed by atoms with Crippen LogP contribution in [0.15, 0.2) is 18.2 Å². The topological polar surface area (TPSA) is 73.3 Å². The molecule has 1 aromatic carbocycles. The number of Topliss-reactive ketones (excluding diaryl/α,β-unsaturated/α-hetero) is 1.